The van der Waals surface area contributed by atoms with Crippen LogP contribution in [0.25, 0.3) is 0 Å². The molecule has 1 amide bonds. The zero-order chi connectivity index (χ0) is 7.40. The number of amides is 1. The topological polar surface area (TPSA) is 75.2 Å². The van der Waals surface area contributed by atoms with E-state index >= 15 is 0 Å². The number of aliphatic imine (C=N–C) groups is 1. The van der Waals surface area contributed by atoms with Gasteiger partial charge in [-0.25, -0.2) is 4.79 Å². The van der Waals surface area contributed by atoms with E-state index in [1.807, 2.05) is 0 Å². The van der Waals surface area contributed by atoms with Crippen molar-refractivity contribution in [2.75, 3.05) is 0 Å². The molecule has 5 heteroatoms. The zero-order valence-electron chi connectivity index (χ0n) is 4.87. The van der Waals surface area contributed by atoms with Gasteiger partial charge in [0.1, 0.15) is 5.69 Å². The molecule has 0 aliphatic carbocycles. The summed E-state index contributed by atoms with van der Waals surface area (Å²) in [5, 5.41) is 5.84. The van der Waals surface area contributed by atoms with Crippen LogP contribution in [0.4, 0.5) is 0 Å². The normalized spacial score (nSPS) is 8.40. The molecule has 0 fully saturated rings. The summed E-state index contributed by atoms with van der Waals surface area (Å²) in [5.41, 5.74) is 0.184. The van der Waals surface area contributed by atoms with Gasteiger partial charge in [-0.05, 0) is 6.07 Å². The van der Waals surface area contributed by atoms with E-state index < -0.39 is 5.91 Å². The molecule has 5 nitrogen and oxygen atoms in total. The third kappa shape index (κ3) is 1.15. The molecule has 0 aliphatic heterocycles. The van der Waals surface area contributed by atoms with Gasteiger partial charge in [-0.1, -0.05) is 0 Å². The smallest absolute Gasteiger partial charge is 0.273 e. The summed E-state index contributed by atoms with van der Waals surface area (Å²) in [7, 11) is 0. The number of nitrogens with one attached hydrogen (secondary N) is 1. The van der Waals surface area contributed by atoms with Gasteiger partial charge in [0.25, 0.3) is 0 Å². The van der Waals surface area contributed by atoms with Crippen LogP contribution in [0.15, 0.2) is 17.3 Å². The van der Waals surface area contributed by atoms with Gasteiger partial charge >= 0.3 is 5.91 Å². The first-order valence-electron chi connectivity index (χ1n) is 2.46. The number of rotatable bonds is 1. The van der Waals surface area contributed by atoms with Crippen molar-refractivity contribution in [1.29, 1.82) is 0 Å². The fourth-order valence-electron chi connectivity index (χ4n) is 0.477. The van der Waals surface area contributed by atoms with E-state index in [1.165, 1.54) is 12.3 Å². The number of hydrogen-bond acceptors (Lipinski definition) is 3. The van der Waals surface area contributed by atoms with Crippen molar-refractivity contribution < 1.29 is 9.59 Å². The van der Waals surface area contributed by atoms with Gasteiger partial charge in [0.2, 0.25) is 6.08 Å². The fourth-order valence-corrected chi connectivity index (χ4v) is 0.477. The van der Waals surface area contributed by atoms with Crippen LogP contribution in [-0.2, 0) is 4.79 Å². The molecule has 0 saturated carbocycles. The summed E-state index contributed by atoms with van der Waals surface area (Å²) >= 11 is 0. The van der Waals surface area contributed by atoms with Crippen LogP contribution in [-0.4, -0.2) is 22.2 Å². The maximum atomic E-state index is 10.6. The van der Waals surface area contributed by atoms with E-state index in [0.29, 0.717) is 0 Å². The highest BCUT2D eigenvalue weighted by molar-refractivity contribution is 5.95. The minimum absolute atomic E-state index is 0.184. The summed E-state index contributed by atoms with van der Waals surface area (Å²) in [6.45, 7) is 0. The lowest BCUT2D eigenvalue weighted by atomic mass is 10.4. The Balaban J connectivity index is 2.87. The third-order valence-corrected chi connectivity index (χ3v) is 0.878. The van der Waals surface area contributed by atoms with Gasteiger partial charge < -0.3 is 0 Å². The molecule has 0 bridgehead atoms. The maximum Gasteiger partial charge on any atom is 0.305 e. The van der Waals surface area contributed by atoms with E-state index in [0.717, 1.165) is 6.08 Å². The number of hydrogen-bond donors (Lipinski definition) is 1. The Kier molecular flexibility index (Phi) is 1.72. The molecular weight excluding hydrogens is 134 g/mol. The molecule has 1 N–H and O–H groups in total. The van der Waals surface area contributed by atoms with Crippen LogP contribution in [0.1, 0.15) is 10.5 Å². The molecule has 0 saturated heterocycles. The standard InChI is InChI=1S/C5H3N3O2/c9-3-6-5(10)4-1-2-7-8-4/h1-2H,(H,7,8). The molecule has 0 radical (unpaired) electrons. The second-order valence-electron chi connectivity index (χ2n) is 1.48. The number of H-pyrrole nitrogens is 1. The molecule has 1 aromatic heterocycles. The van der Waals surface area contributed by atoms with Crippen LogP contribution in [0.3, 0.4) is 0 Å². The number of carbonyl (C=O) groups excluding carboxylic acids is 2. The van der Waals surface area contributed by atoms with Crippen LogP contribution < -0.4 is 0 Å². The number of nitrogens with zero attached hydrogens (tertiary/aromatic N) is 2. The summed E-state index contributed by atoms with van der Waals surface area (Å²) in [6.07, 6.45) is 2.53. The monoisotopic (exact) mass is 137 g/mol. The molecule has 10 heavy (non-hydrogen) atoms. The van der Waals surface area contributed by atoms with Crippen molar-refractivity contribution in [3.8, 4) is 0 Å². The van der Waals surface area contributed by atoms with Crippen molar-refractivity contribution in [2.24, 2.45) is 4.99 Å². The summed E-state index contributed by atoms with van der Waals surface area (Å²) in [4.78, 5) is 23.0. The van der Waals surface area contributed by atoms with Crippen molar-refractivity contribution >= 4 is 12.0 Å². The second-order valence-corrected chi connectivity index (χ2v) is 1.48. The van der Waals surface area contributed by atoms with Gasteiger partial charge in [0.15, 0.2) is 0 Å². The van der Waals surface area contributed by atoms with Gasteiger partial charge in [-0.2, -0.15) is 5.10 Å². The van der Waals surface area contributed by atoms with E-state index in [2.05, 4.69) is 15.2 Å². The van der Waals surface area contributed by atoms with Crippen molar-refractivity contribution in [3.63, 3.8) is 0 Å². The fraction of sp³-hybridized carbons (Fsp3) is 0. The Labute approximate surface area is 55.8 Å². The average Bonchev–Trinajstić information content (AvgIpc) is 2.38. The molecule has 1 aromatic rings. The first-order chi connectivity index (χ1) is 4.84. The van der Waals surface area contributed by atoms with Gasteiger partial charge in [-0.3, -0.25) is 9.89 Å². The third-order valence-electron chi connectivity index (χ3n) is 0.878. The van der Waals surface area contributed by atoms with Crippen molar-refractivity contribution in [3.05, 3.63) is 18.0 Å². The first-order valence-corrected chi connectivity index (χ1v) is 2.46. The molecule has 1 heterocycles. The van der Waals surface area contributed by atoms with Crippen LogP contribution >= 0.6 is 0 Å². The van der Waals surface area contributed by atoms with Crippen LogP contribution in [0, 0.1) is 0 Å². The Bertz CT molecular complexity index is 271. The molecule has 1 rings (SSSR count). The summed E-state index contributed by atoms with van der Waals surface area (Å²) in [5.74, 6) is -0.660. The van der Waals surface area contributed by atoms with Gasteiger partial charge in [0, 0.05) is 6.20 Å². The zero-order valence-corrected chi connectivity index (χ0v) is 4.87. The van der Waals surface area contributed by atoms with Crippen molar-refractivity contribution in [2.45, 2.75) is 0 Å². The number of aromatic amines is 1. The minimum atomic E-state index is -0.660. The number of aromatic nitrogens is 2. The molecule has 50 valence electrons. The largest absolute Gasteiger partial charge is 0.305 e. The highest BCUT2D eigenvalue weighted by atomic mass is 16.2. The Morgan fingerprint density at radius 1 is 1.80 bits per heavy atom. The molecule has 0 aliphatic rings. The van der Waals surface area contributed by atoms with Gasteiger partial charge in [0.05, 0.1) is 0 Å². The van der Waals surface area contributed by atoms with Crippen molar-refractivity contribution in [1.82, 2.24) is 10.2 Å². The summed E-state index contributed by atoms with van der Waals surface area (Å²) < 4.78 is 0. The second kappa shape index (κ2) is 2.70. The van der Waals surface area contributed by atoms with Gasteiger partial charge in [-0.15, -0.1) is 4.99 Å². The van der Waals surface area contributed by atoms with E-state index in [1.54, 1.807) is 0 Å². The van der Waals surface area contributed by atoms with E-state index in [9.17, 15) is 9.59 Å². The lowest BCUT2D eigenvalue weighted by Gasteiger charge is -1.80. The minimum Gasteiger partial charge on any atom is -0.273 e. The van der Waals surface area contributed by atoms with Crippen LogP contribution in [0.2, 0.25) is 0 Å². The quantitative estimate of drug-likeness (QED) is 0.433. The van der Waals surface area contributed by atoms with E-state index in [-0.39, 0.29) is 5.69 Å². The Morgan fingerprint density at radius 3 is 3.10 bits per heavy atom. The molecular formula is C5H3N3O2. The molecule has 0 aromatic carbocycles. The number of isocyanates is 1. The highest BCUT2D eigenvalue weighted by Gasteiger charge is 2.02. The van der Waals surface area contributed by atoms with Crippen LogP contribution in [0.5, 0.6) is 0 Å². The molecule has 0 atom stereocenters. The molecule has 0 unspecified atom stereocenters. The average molecular weight is 137 g/mol. The predicted molar refractivity (Wildman–Crippen MR) is 31.0 cm³/mol. The Hall–Kier alpha value is -1.74. The predicted octanol–water partition coefficient (Wildman–Crippen LogP) is -0.114. The lowest BCUT2D eigenvalue weighted by molar-refractivity contribution is 0.0998. The molecule has 0 spiro atoms. The highest BCUT2D eigenvalue weighted by Crippen LogP contribution is 1.92. The summed E-state index contributed by atoms with van der Waals surface area (Å²) in [6, 6.07) is 1.42. The maximum absolute atomic E-state index is 10.6. The SMILES string of the molecule is O=C=NC(=O)c1ccn[nH]1. The Morgan fingerprint density at radius 2 is 2.60 bits per heavy atom. The number of carbonyl (C=O) groups is 1. The lowest BCUT2D eigenvalue weighted by Crippen LogP contribution is -1.93. The van der Waals surface area contributed by atoms with E-state index in [4.69, 9.17) is 0 Å². The first kappa shape index (κ1) is 6.38.